The molecule has 2 aromatic heterocycles. The van der Waals surface area contributed by atoms with Gasteiger partial charge < -0.3 is 14.1 Å². The Balaban J connectivity index is 1.55. The Bertz CT molecular complexity index is 1200. The van der Waals surface area contributed by atoms with Gasteiger partial charge in [0.25, 0.3) is 5.91 Å². The molecule has 0 aliphatic carbocycles. The molecule has 0 aliphatic heterocycles. The third-order valence-corrected chi connectivity index (χ3v) is 4.98. The van der Waals surface area contributed by atoms with Gasteiger partial charge in [0.2, 0.25) is 0 Å². The molecule has 0 bridgehead atoms. The lowest BCUT2D eigenvalue weighted by Crippen LogP contribution is -2.37. The molecule has 0 radical (unpaired) electrons. The van der Waals surface area contributed by atoms with E-state index in [4.69, 9.17) is 9.15 Å². The normalized spacial score (nSPS) is 11.8. The molecule has 6 heteroatoms. The van der Waals surface area contributed by atoms with Crippen molar-refractivity contribution in [2.45, 2.75) is 19.6 Å². The number of furan rings is 1. The van der Waals surface area contributed by atoms with Crippen LogP contribution in [0.3, 0.4) is 0 Å². The zero-order chi connectivity index (χ0) is 21.8. The highest BCUT2D eigenvalue weighted by molar-refractivity contribution is 6.05. The smallest absolute Gasteiger partial charge is 0.339 e. The predicted octanol–water partition coefficient (Wildman–Crippen LogP) is 4.70. The summed E-state index contributed by atoms with van der Waals surface area (Å²) in [5.41, 5.74) is 2.50. The maximum atomic E-state index is 13.0. The van der Waals surface area contributed by atoms with Gasteiger partial charge in [-0.2, -0.15) is 0 Å². The van der Waals surface area contributed by atoms with Crippen LogP contribution in [0.2, 0.25) is 0 Å². The first-order valence-electron chi connectivity index (χ1n) is 9.96. The van der Waals surface area contributed by atoms with Gasteiger partial charge in [-0.25, -0.2) is 9.78 Å². The Labute approximate surface area is 180 Å². The highest BCUT2D eigenvalue weighted by atomic mass is 16.5. The Morgan fingerprint density at radius 3 is 2.52 bits per heavy atom. The van der Waals surface area contributed by atoms with E-state index in [1.54, 1.807) is 49.4 Å². The van der Waals surface area contributed by atoms with Crippen molar-refractivity contribution in [2.24, 2.45) is 0 Å². The van der Waals surface area contributed by atoms with Crippen LogP contribution in [-0.2, 0) is 16.1 Å². The number of carbonyl (C=O) groups excluding carboxylic acids is 2. The Hall–Kier alpha value is -3.93. The first-order valence-corrected chi connectivity index (χ1v) is 9.96. The molecule has 4 aromatic rings. The topological polar surface area (TPSA) is 72.6 Å². The van der Waals surface area contributed by atoms with Crippen LogP contribution in [0.4, 0.5) is 0 Å². The summed E-state index contributed by atoms with van der Waals surface area (Å²) in [4.78, 5) is 31.9. The van der Waals surface area contributed by atoms with Crippen molar-refractivity contribution in [3.63, 3.8) is 0 Å². The summed E-state index contributed by atoms with van der Waals surface area (Å²) in [6.07, 6.45) is 0.619. The molecule has 0 saturated heterocycles. The highest BCUT2D eigenvalue weighted by Crippen LogP contribution is 2.26. The molecular formula is C25H22N2O4. The van der Waals surface area contributed by atoms with Crippen LogP contribution in [-0.4, -0.2) is 34.9 Å². The van der Waals surface area contributed by atoms with Gasteiger partial charge in [0.15, 0.2) is 11.9 Å². The maximum absolute atomic E-state index is 13.0. The van der Waals surface area contributed by atoms with Gasteiger partial charge in [-0.1, -0.05) is 48.5 Å². The summed E-state index contributed by atoms with van der Waals surface area (Å²) in [5.74, 6) is -0.311. The van der Waals surface area contributed by atoms with Crippen LogP contribution in [0.5, 0.6) is 0 Å². The molecule has 6 nitrogen and oxygen atoms in total. The van der Waals surface area contributed by atoms with Crippen molar-refractivity contribution in [3.8, 4) is 11.5 Å². The lowest BCUT2D eigenvalue weighted by molar-refractivity contribution is -0.139. The highest BCUT2D eigenvalue weighted by Gasteiger charge is 2.24. The average Bonchev–Trinajstić information content (AvgIpc) is 3.33. The molecule has 0 saturated carbocycles. The van der Waals surface area contributed by atoms with Gasteiger partial charge in [0.05, 0.1) is 17.3 Å². The number of fused-ring (bicyclic) bond motifs is 1. The molecular weight excluding hydrogens is 392 g/mol. The Kier molecular flexibility index (Phi) is 5.80. The largest absolute Gasteiger partial charge is 0.463 e. The van der Waals surface area contributed by atoms with Crippen LogP contribution in [0.1, 0.15) is 22.8 Å². The second-order valence-electron chi connectivity index (χ2n) is 7.28. The Morgan fingerprint density at radius 1 is 1.03 bits per heavy atom. The number of likely N-dealkylation sites (N-methyl/N-ethyl adjacent to an activating group) is 1. The fraction of sp³-hybridized carbons (Fsp3) is 0.160. The van der Waals surface area contributed by atoms with Crippen LogP contribution in [0, 0.1) is 0 Å². The quantitative estimate of drug-likeness (QED) is 0.428. The van der Waals surface area contributed by atoms with Crippen LogP contribution < -0.4 is 0 Å². The number of rotatable bonds is 6. The SMILES string of the molecule is C[C@H](OC(=O)c1cc(-c2ccco2)nc2ccccc12)C(=O)N(C)Cc1ccccc1. The van der Waals surface area contributed by atoms with Crippen molar-refractivity contribution in [3.05, 3.63) is 90.2 Å². The number of benzene rings is 2. The molecule has 1 amide bonds. The van der Waals surface area contributed by atoms with Gasteiger partial charge in [0.1, 0.15) is 5.69 Å². The number of ether oxygens (including phenoxy) is 1. The Morgan fingerprint density at radius 2 is 1.77 bits per heavy atom. The van der Waals surface area contributed by atoms with E-state index in [9.17, 15) is 9.59 Å². The minimum Gasteiger partial charge on any atom is -0.463 e. The molecule has 2 heterocycles. The molecule has 31 heavy (non-hydrogen) atoms. The number of esters is 1. The maximum Gasteiger partial charge on any atom is 0.339 e. The van der Waals surface area contributed by atoms with Crippen LogP contribution in [0.15, 0.2) is 83.5 Å². The van der Waals surface area contributed by atoms with Crippen molar-refractivity contribution in [2.75, 3.05) is 7.05 Å². The van der Waals surface area contributed by atoms with E-state index in [0.29, 0.717) is 34.5 Å². The van der Waals surface area contributed by atoms with Crippen LogP contribution >= 0.6 is 0 Å². The van der Waals surface area contributed by atoms with Gasteiger partial charge in [0, 0.05) is 19.0 Å². The molecule has 0 fully saturated rings. The van der Waals surface area contributed by atoms with Crippen molar-refractivity contribution in [1.82, 2.24) is 9.88 Å². The fourth-order valence-electron chi connectivity index (χ4n) is 3.41. The summed E-state index contributed by atoms with van der Waals surface area (Å²) >= 11 is 0. The van der Waals surface area contributed by atoms with Gasteiger partial charge in [-0.05, 0) is 36.8 Å². The molecule has 4 rings (SSSR count). The first kappa shape index (κ1) is 20.3. The van der Waals surface area contributed by atoms with Crippen molar-refractivity contribution in [1.29, 1.82) is 0 Å². The number of nitrogens with zero attached hydrogens (tertiary/aromatic N) is 2. The molecule has 1 atom stereocenters. The number of hydrogen-bond donors (Lipinski definition) is 0. The standard InChI is InChI=1S/C25H22N2O4/c1-17(24(28)27(2)16-18-9-4-3-5-10-18)31-25(29)20-15-22(23-13-8-14-30-23)26-21-12-7-6-11-19(20)21/h3-15,17H,16H2,1-2H3/t17-/m0/s1. The van der Waals surface area contributed by atoms with E-state index >= 15 is 0 Å². The molecule has 0 aliphatic rings. The number of aromatic nitrogens is 1. The van der Waals surface area contributed by atoms with Gasteiger partial charge in [-0.15, -0.1) is 0 Å². The zero-order valence-corrected chi connectivity index (χ0v) is 17.3. The lowest BCUT2D eigenvalue weighted by atomic mass is 10.1. The van der Waals surface area contributed by atoms with Crippen molar-refractivity contribution >= 4 is 22.8 Å². The summed E-state index contributed by atoms with van der Waals surface area (Å²) in [6, 6.07) is 22.1. The summed E-state index contributed by atoms with van der Waals surface area (Å²) in [6.45, 7) is 2.01. The second-order valence-corrected chi connectivity index (χ2v) is 7.28. The second kappa shape index (κ2) is 8.83. The average molecular weight is 414 g/mol. The summed E-state index contributed by atoms with van der Waals surface area (Å²) in [5, 5.41) is 0.653. The number of amides is 1. The third kappa shape index (κ3) is 4.48. The lowest BCUT2D eigenvalue weighted by Gasteiger charge is -2.22. The van der Waals surface area contributed by atoms with E-state index in [0.717, 1.165) is 5.56 Å². The minimum absolute atomic E-state index is 0.276. The number of para-hydroxylation sites is 1. The monoisotopic (exact) mass is 414 g/mol. The third-order valence-electron chi connectivity index (χ3n) is 4.98. The van der Waals surface area contributed by atoms with E-state index in [1.165, 1.54) is 0 Å². The summed E-state index contributed by atoms with van der Waals surface area (Å²) in [7, 11) is 1.69. The molecule has 0 spiro atoms. The van der Waals surface area contributed by atoms with Crippen molar-refractivity contribution < 1.29 is 18.7 Å². The molecule has 2 aromatic carbocycles. The van der Waals surface area contributed by atoms with Gasteiger partial charge in [-0.3, -0.25) is 4.79 Å². The van der Waals surface area contributed by atoms with Gasteiger partial charge >= 0.3 is 5.97 Å². The molecule has 156 valence electrons. The number of hydrogen-bond acceptors (Lipinski definition) is 5. The number of pyridine rings is 1. The molecule has 0 unspecified atom stereocenters. The van der Waals surface area contributed by atoms with E-state index in [2.05, 4.69) is 4.98 Å². The number of carbonyl (C=O) groups is 2. The van der Waals surface area contributed by atoms with E-state index < -0.39 is 12.1 Å². The first-order chi connectivity index (χ1) is 15.0. The summed E-state index contributed by atoms with van der Waals surface area (Å²) < 4.78 is 11.0. The van der Waals surface area contributed by atoms with Crippen LogP contribution in [0.25, 0.3) is 22.4 Å². The van der Waals surface area contributed by atoms with E-state index in [-0.39, 0.29) is 5.91 Å². The van der Waals surface area contributed by atoms with E-state index in [1.807, 2.05) is 48.5 Å². The predicted molar refractivity (Wildman–Crippen MR) is 117 cm³/mol. The zero-order valence-electron chi connectivity index (χ0n) is 17.3. The minimum atomic E-state index is -0.930. The molecule has 0 N–H and O–H groups in total. The fourth-order valence-corrected chi connectivity index (χ4v) is 3.41.